The fraction of sp³-hybridized carbons (Fsp3) is 0. The number of benzene rings is 2. The third kappa shape index (κ3) is 4.39. The van der Waals surface area contributed by atoms with Crippen molar-refractivity contribution in [2.75, 3.05) is 5.32 Å². The van der Waals surface area contributed by atoms with Crippen molar-refractivity contribution in [3.05, 3.63) is 90.0 Å². The zero-order chi connectivity index (χ0) is 18.4. The van der Waals surface area contributed by atoms with E-state index in [-0.39, 0.29) is 11.4 Å². The molecule has 0 atom stereocenters. The van der Waals surface area contributed by atoms with Crippen molar-refractivity contribution in [2.45, 2.75) is 0 Å². The molecular formula is C20H16N2O4. The van der Waals surface area contributed by atoms with E-state index in [0.717, 1.165) is 0 Å². The van der Waals surface area contributed by atoms with Gasteiger partial charge < -0.3 is 20.2 Å². The highest BCUT2D eigenvalue weighted by molar-refractivity contribution is 6.10. The van der Waals surface area contributed by atoms with Gasteiger partial charge in [0.15, 0.2) is 0 Å². The standard InChI is InChI=1S/C20H16N2O4/c23-16-10-8-15(9-11-16)21-20(25)18(13-17-7-4-12-26-17)22-19(24)14-5-2-1-3-6-14/h1-13,23H,(H,21,25)(H,22,24)/b18-13-. The van der Waals surface area contributed by atoms with Gasteiger partial charge in [0.25, 0.3) is 11.8 Å². The van der Waals surface area contributed by atoms with E-state index in [2.05, 4.69) is 10.6 Å². The van der Waals surface area contributed by atoms with Gasteiger partial charge in [-0.2, -0.15) is 0 Å². The van der Waals surface area contributed by atoms with Crippen LogP contribution in [0.25, 0.3) is 6.08 Å². The van der Waals surface area contributed by atoms with Crippen LogP contribution in [0.1, 0.15) is 16.1 Å². The van der Waals surface area contributed by atoms with E-state index in [1.54, 1.807) is 54.6 Å². The molecule has 6 heteroatoms. The Morgan fingerprint density at radius 2 is 1.65 bits per heavy atom. The predicted molar refractivity (Wildman–Crippen MR) is 97.3 cm³/mol. The predicted octanol–water partition coefficient (Wildman–Crippen LogP) is 3.39. The summed E-state index contributed by atoms with van der Waals surface area (Å²) in [6.45, 7) is 0. The fourth-order valence-electron chi connectivity index (χ4n) is 2.20. The number of amides is 2. The zero-order valence-corrected chi connectivity index (χ0v) is 13.7. The molecule has 0 aliphatic heterocycles. The average Bonchev–Trinajstić information content (AvgIpc) is 3.17. The van der Waals surface area contributed by atoms with Crippen LogP contribution in [-0.4, -0.2) is 16.9 Å². The van der Waals surface area contributed by atoms with Crippen LogP contribution in [0.5, 0.6) is 5.75 Å². The lowest BCUT2D eigenvalue weighted by Gasteiger charge is -2.11. The largest absolute Gasteiger partial charge is 0.508 e. The number of phenolic OH excluding ortho intramolecular Hbond substituents is 1. The summed E-state index contributed by atoms with van der Waals surface area (Å²) >= 11 is 0. The van der Waals surface area contributed by atoms with E-state index in [1.807, 2.05) is 0 Å². The third-order valence-electron chi connectivity index (χ3n) is 3.48. The molecule has 0 spiro atoms. The van der Waals surface area contributed by atoms with Gasteiger partial charge in [-0.25, -0.2) is 0 Å². The molecule has 0 fully saturated rings. The van der Waals surface area contributed by atoms with Gasteiger partial charge in [0.05, 0.1) is 6.26 Å². The molecule has 0 aliphatic rings. The summed E-state index contributed by atoms with van der Waals surface area (Å²) in [4.78, 5) is 25.0. The molecule has 0 saturated carbocycles. The van der Waals surface area contributed by atoms with E-state index in [1.165, 1.54) is 24.5 Å². The lowest BCUT2D eigenvalue weighted by molar-refractivity contribution is -0.113. The Hall–Kier alpha value is -3.80. The van der Waals surface area contributed by atoms with Gasteiger partial charge in [-0.05, 0) is 48.5 Å². The van der Waals surface area contributed by atoms with Crippen LogP contribution in [0.2, 0.25) is 0 Å². The minimum Gasteiger partial charge on any atom is -0.508 e. The molecule has 2 amide bonds. The Morgan fingerprint density at radius 1 is 0.923 bits per heavy atom. The molecule has 1 aromatic heterocycles. The van der Waals surface area contributed by atoms with E-state index < -0.39 is 11.8 Å². The number of rotatable bonds is 5. The van der Waals surface area contributed by atoms with Crippen molar-refractivity contribution in [1.29, 1.82) is 0 Å². The molecule has 0 saturated heterocycles. The second-order valence-electron chi connectivity index (χ2n) is 5.39. The first-order valence-electron chi connectivity index (χ1n) is 7.84. The lowest BCUT2D eigenvalue weighted by atomic mass is 10.2. The van der Waals surface area contributed by atoms with Crippen LogP contribution in [0.4, 0.5) is 5.69 Å². The third-order valence-corrected chi connectivity index (χ3v) is 3.48. The maximum Gasteiger partial charge on any atom is 0.272 e. The van der Waals surface area contributed by atoms with Gasteiger partial charge >= 0.3 is 0 Å². The molecule has 26 heavy (non-hydrogen) atoms. The summed E-state index contributed by atoms with van der Waals surface area (Å²) in [5, 5.41) is 14.6. The van der Waals surface area contributed by atoms with Crippen molar-refractivity contribution in [3.8, 4) is 5.75 Å². The molecule has 130 valence electrons. The highest BCUT2D eigenvalue weighted by Gasteiger charge is 2.15. The highest BCUT2D eigenvalue weighted by atomic mass is 16.3. The maximum absolute atomic E-state index is 12.6. The summed E-state index contributed by atoms with van der Waals surface area (Å²) < 4.78 is 5.23. The zero-order valence-electron chi connectivity index (χ0n) is 13.7. The molecule has 1 heterocycles. The van der Waals surface area contributed by atoms with Gasteiger partial charge in [-0.3, -0.25) is 9.59 Å². The first-order chi connectivity index (χ1) is 12.6. The number of carbonyl (C=O) groups is 2. The van der Waals surface area contributed by atoms with Crippen LogP contribution in [0.3, 0.4) is 0 Å². The molecule has 0 bridgehead atoms. The number of nitrogens with one attached hydrogen (secondary N) is 2. The minimum absolute atomic E-state index is 0.0295. The van der Waals surface area contributed by atoms with Crippen LogP contribution in [-0.2, 0) is 4.79 Å². The average molecular weight is 348 g/mol. The number of aromatic hydroxyl groups is 1. The number of phenols is 1. The molecule has 3 N–H and O–H groups in total. The highest BCUT2D eigenvalue weighted by Crippen LogP contribution is 2.15. The molecule has 3 rings (SSSR count). The van der Waals surface area contributed by atoms with E-state index >= 15 is 0 Å². The molecule has 2 aromatic carbocycles. The number of anilines is 1. The number of hydrogen-bond donors (Lipinski definition) is 3. The van der Waals surface area contributed by atoms with Gasteiger partial charge in [0.1, 0.15) is 17.2 Å². The minimum atomic E-state index is -0.517. The first kappa shape index (κ1) is 17.0. The van der Waals surface area contributed by atoms with Gasteiger partial charge in [-0.1, -0.05) is 18.2 Å². The fourth-order valence-corrected chi connectivity index (χ4v) is 2.20. The van der Waals surface area contributed by atoms with Crippen LogP contribution in [0, 0.1) is 0 Å². The molecular weight excluding hydrogens is 332 g/mol. The molecule has 3 aromatic rings. The van der Waals surface area contributed by atoms with Crippen LogP contribution < -0.4 is 10.6 Å². The lowest BCUT2D eigenvalue weighted by Crippen LogP contribution is -2.30. The summed E-state index contributed by atoms with van der Waals surface area (Å²) in [7, 11) is 0. The maximum atomic E-state index is 12.6. The normalized spacial score (nSPS) is 11.0. The number of hydrogen-bond acceptors (Lipinski definition) is 4. The first-order valence-corrected chi connectivity index (χ1v) is 7.84. The van der Waals surface area contributed by atoms with Gasteiger partial charge in [-0.15, -0.1) is 0 Å². The quantitative estimate of drug-likeness (QED) is 0.487. The smallest absolute Gasteiger partial charge is 0.272 e. The molecule has 0 unspecified atom stereocenters. The Labute approximate surface area is 149 Å². The Kier molecular flexibility index (Phi) is 5.14. The van der Waals surface area contributed by atoms with Gasteiger partial charge in [0, 0.05) is 17.3 Å². The number of carbonyl (C=O) groups excluding carboxylic acids is 2. The Bertz CT molecular complexity index is 914. The van der Waals surface area contributed by atoms with Crippen LogP contribution >= 0.6 is 0 Å². The molecule has 0 radical (unpaired) electrons. The van der Waals surface area contributed by atoms with E-state index in [9.17, 15) is 14.7 Å². The second kappa shape index (κ2) is 7.85. The van der Waals surface area contributed by atoms with Crippen molar-refractivity contribution >= 4 is 23.6 Å². The second-order valence-corrected chi connectivity index (χ2v) is 5.39. The number of furan rings is 1. The van der Waals surface area contributed by atoms with Crippen LogP contribution in [0.15, 0.2) is 83.1 Å². The van der Waals surface area contributed by atoms with Gasteiger partial charge in [0.2, 0.25) is 0 Å². The summed E-state index contributed by atoms with van der Waals surface area (Å²) in [6, 6.07) is 17.9. The SMILES string of the molecule is O=C(Nc1ccc(O)cc1)/C(=C/c1ccco1)NC(=O)c1ccccc1. The van der Waals surface area contributed by atoms with E-state index in [0.29, 0.717) is 17.0 Å². The summed E-state index contributed by atoms with van der Waals surface area (Å²) in [5.41, 5.74) is 0.935. The summed E-state index contributed by atoms with van der Waals surface area (Å²) in [5.74, 6) is -0.415. The van der Waals surface area contributed by atoms with E-state index in [4.69, 9.17) is 4.42 Å². The van der Waals surface area contributed by atoms with Crippen molar-refractivity contribution < 1.29 is 19.1 Å². The van der Waals surface area contributed by atoms with Crippen molar-refractivity contribution in [3.63, 3.8) is 0 Å². The molecule has 6 nitrogen and oxygen atoms in total. The molecule has 0 aliphatic carbocycles. The summed E-state index contributed by atoms with van der Waals surface area (Å²) in [6.07, 6.45) is 2.91. The topological polar surface area (TPSA) is 91.6 Å². The Balaban J connectivity index is 1.82. The Morgan fingerprint density at radius 3 is 2.31 bits per heavy atom. The monoisotopic (exact) mass is 348 g/mol. The van der Waals surface area contributed by atoms with Crippen molar-refractivity contribution in [1.82, 2.24) is 5.32 Å². The van der Waals surface area contributed by atoms with Crippen molar-refractivity contribution in [2.24, 2.45) is 0 Å².